The monoisotopic (exact) mass is 257 g/mol. The van der Waals surface area contributed by atoms with Crippen LogP contribution in [0.25, 0.3) is 10.8 Å². The number of aliphatic hydroxyl groups excluding tert-OH is 1. The van der Waals surface area contributed by atoms with E-state index in [-0.39, 0.29) is 6.04 Å². The van der Waals surface area contributed by atoms with E-state index in [9.17, 15) is 5.11 Å². The van der Waals surface area contributed by atoms with E-state index >= 15 is 0 Å². The van der Waals surface area contributed by atoms with Crippen LogP contribution in [0.2, 0.25) is 0 Å². The zero-order valence-electron chi connectivity index (χ0n) is 12.0. The van der Waals surface area contributed by atoms with Gasteiger partial charge >= 0.3 is 0 Å². The van der Waals surface area contributed by atoms with Crippen LogP contribution in [0.3, 0.4) is 0 Å². The predicted molar refractivity (Wildman–Crippen MR) is 81.3 cm³/mol. The minimum absolute atomic E-state index is 0.126. The Labute approximate surface area is 115 Å². The molecule has 2 aromatic rings. The van der Waals surface area contributed by atoms with Crippen molar-refractivity contribution in [3.63, 3.8) is 0 Å². The second kappa shape index (κ2) is 6.18. The summed E-state index contributed by atoms with van der Waals surface area (Å²) in [6, 6.07) is 14.5. The van der Waals surface area contributed by atoms with Crippen LogP contribution in [0.1, 0.15) is 32.4 Å². The molecule has 0 saturated heterocycles. The quantitative estimate of drug-likeness (QED) is 0.884. The largest absolute Gasteiger partial charge is 0.387 e. The second-order valence-corrected chi connectivity index (χ2v) is 4.98. The first-order valence-electron chi connectivity index (χ1n) is 7.08. The maximum Gasteiger partial charge on any atom is 0.0948 e. The molecule has 0 aromatic heterocycles. The van der Waals surface area contributed by atoms with Crippen LogP contribution in [0.4, 0.5) is 0 Å². The smallest absolute Gasteiger partial charge is 0.0948 e. The van der Waals surface area contributed by atoms with E-state index in [0.29, 0.717) is 0 Å². The number of hydrogen-bond acceptors (Lipinski definition) is 2. The molecule has 0 radical (unpaired) electrons. The van der Waals surface area contributed by atoms with Crippen molar-refractivity contribution in [2.24, 2.45) is 0 Å². The zero-order valence-corrected chi connectivity index (χ0v) is 12.0. The van der Waals surface area contributed by atoms with Gasteiger partial charge in [-0.3, -0.25) is 4.90 Å². The van der Waals surface area contributed by atoms with Gasteiger partial charge in [0, 0.05) is 6.04 Å². The average Bonchev–Trinajstić information content (AvgIpc) is 2.47. The van der Waals surface area contributed by atoms with Gasteiger partial charge in [-0.05, 0) is 36.3 Å². The average molecular weight is 257 g/mol. The van der Waals surface area contributed by atoms with Crippen molar-refractivity contribution in [1.29, 1.82) is 0 Å². The Morgan fingerprint density at radius 3 is 2.32 bits per heavy atom. The van der Waals surface area contributed by atoms with Gasteiger partial charge in [0.2, 0.25) is 0 Å². The summed E-state index contributed by atoms with van der Waals surface area (Å²) in [5.41, 5.74) is 1.03. The van der Waals surface area contributed by atoms with Crippen molar-refractivity contribution in [2.75, 3.05) is 13.1 Å². The van der Waals surface area contributed by atoms with Gasteiger partial charge in [-0.2, -0.15) is 0 Å². The first kappa shape index (κ1) is 14.0. The molecule has 102 valence electrons. The van der Waals surface area contributed by atoms with Gasteiger partial charge in [-0.1, -0.05) is 56.3 Å². The molecule has 2 aromatic carbocycles. The molecule has 0 aliphatic rings. The summed E-state index contributed by atoms with van der Waals surface area (Å²) >= 11 is 0. The molecule has 0 aliphatic heterocycles. The Morgan fingerprint density at radius 2 is 1.63 bits per heavy atom. The summed E-state index contributed by atoms with van der Waals surface area (Å²) < 4.78 is 0. The molecule has 0 amide bonds. The maximum absolute atomic E-state index is 10.7. The number of likely N-dealkylation sites (N-methyl/N-ethyl adjacent to an activating group) is 1. The van der Waals surface area contributed by atoms with Crippen LogP contribution in [-0.2, 0) is 0 Å². The third-order valence-electron chi connectivity index (χ3n) is 3.99. The van der Waals surface area contributed by atoms with Crippen molar-refractivity contribution in [1.82, 2.24) is 4.90 Å². The third kappa shape index (κ3) is 2.80. The number of fused-ring (bicyclic) bond motifs is 1. The van der Waals surface area contributed by atoms with Crippen molar-refractivity contribution < 1.29 is 5.11 Å². The highest BCUT2D eigenvalue weighted by Crippen LogP contribution is 2.28. The number of rotatable bonds is 5. The van der Waals surface area contributed by atoms with Crippen molar-refractivity contribution >= 4 is 10.8 Å². The van der Waals surface area contributed by atoms with Crippen molar-refractivity contribution in [3.8, 4) is 0 Å². The molecular formula is C17H23NO. The van der Waals surface area contributed by atoms with Gasteiger partial charge in [-0.15, -0.1) is 0 Å². The van der Waals surface area contributed by atoms with Crippen LogP contribution in [0, 0.1) is 0 Å². The molecule has 0 aliphatic carbocycles. The van der Waals surface area contributed by atoms with E-state index < -0.39 is 6.10 Å². The van der Waals surface area contributed by atoms with Gasteiger partial charge in [0.25, 0.3) is 0 Å². The maximum atomic E-state index is 10.7. The minimum atomic E-state index is -0.453. The van der Waals surface area contributed by atoms with E-state index in [2.05, 4.69) is 43.9 Å². The lowest BCUT2D eigenvalue weighted by atomic mass is 9.96. The molecule has 2 heteroatoms. The summed E-state index contributed by atoms with van der Waals surface area (Å²) in [4.78, 5) is 2.28. The Kier molecular flexibility index (Phi) is 4.56. The topological polar surface area (TPSA) is 23.5 Å². The van der Waals surface area contributed by atoms with Crippen LogP contribution < -0.4 is 0 Å². The molecule has 0 spiro atoms. The molecule has 0 bridgehead atoms. The summed E-state index contributed by atoms with van der Waals surface area (Å²) in [5, 5.41) is 13.0. The van der Waals surface area contributed by atoms with E-state index in [1.54, 1.807) is 0 Å². The van der Waals surface area contributed by atoms with E-state index in [1.807, 2.05) is 24.3 Å². The zero-order chi connectivity index (χ0) is 13.8. The van der Waals surface area contributed by atoms with Gasteiger partial charge in [-0.25, -0.2) is 0 Å². The van der Waals surface area contributed by atoms with Gasteiger partial charge in [0.05, 0.1) is 6.10 Å². The molecule has 2 nitrogen and oxygen atoms in total. The Hall–Kier alpha value is -1.38. The van der Waals surface area contributed by atoms with Gasteiger partial charge in [0.1, 0.15) is 0 Å². The van der Waals surface area contributed by atoms with Crippen LogP contribution in [0.15, 0.2) is 42.5 Å². The number of aliphatic hydroxyl groups is 1. The van der Waals surface area contributed by atoms with Crippen LogP contribution >= 0.6 is 0 Å². The summed E-state index contributed by atoms with van der Waals surface area (Å²) in [6.45, 7) is 8.28. The van der Waals surface area contributed by atoms with Gasteiger partial charge < -0.3 is 5.11 Å². The molecule has 2 atom stereocenters. The van der Waals surface area contributed by atoms with E-state index in [0.717, 1.165) is 24.0 Å². The first-order valence-corrected chi connectivity index (χ1v) is 7.08. The fourth-order valence-corrected chi connectivity index (χ4v) is 2.77. The normalized spacial score (nSPS) is 14.8. The SMILES string of the molecule is CCN(CC)C(C)C(O)c1cccc2ccccc12. The second-order valence-electron chi connectivity index (χ2n) is 4.98. The highest BCUT2D eigenvalue weighted by atomic mass is 16.3. The molecule has 19 heavy (non-hydrogen) atoms. The molecule has 1 N–H and O–H groups in total. The molecular weight excluding hydrogens is 234 g/mol. The Morgan fingerprint density at radius 1 is 1.00 bits per heavy atom. The van der Waals surface area contributed by atoms with E-state index in [1.165, 1.54) is 5.39 Å². The first-order chi connectivity index (χ1) is 9.19. The molecule has 2 rings (SSSR count). The van der Waals surface area contributed by atoms with Crippen molar-refractivity contribution in [2.45, 2.75) is 32.9 Å². The lowest BCUT2D eigenvalue weighted by Gasteiger charge is -2.31. The van der Waals surface area contributed by atoms with E-state index in [4.69, 9.17) is 0 Å². The molecule has 2 unspecified atom stereocenters. The van der Waals surface area contributed by atoms with Crippen LogP contribution in [-0.4, -0.2) is 29.1 Å². The molecule has 0 heterocycles. The lowest BCUT2D eigenvalue weighted by Crippen LogP contribution is -2.37. The summed E-state index contributed by atoms with van der Waals surface area (Å²) in [6.07, 6.45) is -0.453. The fourth-order valence-electron chi connectivity index (χ4n) is 2.77. The molecule has 0 fully saturated rings. The predicted octanol–water partition coefficient (Wildman–Crippen LogP) is 3.60. The standard InChI is InChI=1S/C17H23NO/c1-4-18(5-2)13(3)17(19)16-12-8-10-14-9-6-7-11-15(14)16/h6-13,17,19H,4-5H2,1-3H3. The summed E-state index contributed by atoms with van der Waals surface area (Å²) in [5.74, 6) is 0. The Bertz CT molecular complexity index is 528. The highest BCUT2D eigenvalue weighted by molar-refractivity contribution is 5.86. The minimum Gasteiger partial charge on any atom is -0.387 e. The third-order valence-corrected chi connectivity index (χ3v) is 3.99. The van der Waals surface area contributed by atoms with Crippen molar-refractivity contribution in [3.05, 3.63) is 48.0 Å². The summed E-state index contributed by atoms with van der Waals surface area (Å²) in [7, 11) is 0. The molecule has 0 saturated carbocycles. The Balaban J connectivity index is 2.38. The fraction of sp³-hybridized carbons (Fsp3) is 0.412. The van der Waals surface area contributed by atoms with Crippen LogP contribution in [0.5, 0.6) is 0 Å². The number of benzene rings is 2. The number of hydrogen-bond donors (Lipinski definition) is 1. The lowest BCUT2D eigenvalue weighted by molar-refractivity contribution is 0.0648. The number of nitrogens with zero attached hydrogens (tertiary/aromatic N) is 1. The van der Waals surface area contributed by atoms with Gasteiger partial charge in [0.15, 0.2) is 0 Å². The highest BCUT2D eigenvalue weighted by Gasteiger charge is 2.22.